The summed E-state index contributed by atoms with van der Waals surface area (Å²) >= 11 is 1.29. The van der Waals surface area contributed by atoms with E-state index in [9.17, 15) is 9.59 Å². The average Bonchev–Trinajstić information content (AvgIpc) is 3.33. The number of fused-ring (bicyclic) bond motifs is 3. The van der Waals surface area contributed by atoms with E-state index >= 15 is 0 Å². The number of hydrogen-bond donors (Lipinski definition) is 2. The van der Waals surface area contributed by atoms with Gasteiger partial charge in [0.05, 0.1) is 11.4 Å². The molecule has 1 amide bonds. The maximum atomic E-state index is 13.0. The number of pyridine rings is 1. The summed E-state index contributed by atoms with van der Waals surface area (Å²) in [5, 5.41) is 3.69. The highest BCUT2D eigenvalue weighted by Crippen LogP contribution is 2.42. The molecular formula is C24H25N3O4S. The Morgan fingerprint density at radius 1 is 1.25 bits per heavy atom. The minimum atomic E-state index is -0.255. The molecule has 3 aromatic rings. The number of aryl methyl sites for hydroxylation is 1. The predicted molar refractivity (Wildman–Crippen MR) is 124 cm³/mol. The van der Waals surface area contributed by atoms with Crippen LogP contribution in [0.15, 0.2) is 18.2 Å². The molecule has 0 bridgehead atoms. The molecule has 1 aromatic carbocycles. The molecule has 3 heterocycles. The van der Waals surface area contributed by atoms with Gasteiger partial charge < -0.3 is 20.5 Å². The summed E-state index contributed by atoms with van der Waals surface area (Å²) in [4.78, 5) is 31.9. The summed E-state index contributed by atoms with van der Waals surface area (Å²) < 4.78 is 10.7. The van der Waals surface area contributed by atoms with Crippen LogP contribution in [0.2, 0.25) is 0 Å². The van der Waals surface area contributed by atoms with Crippen molar-refractivity contribution in [3.05, 3.63) is 45.5 Å². The number of carbonyl (C=O) groups excluding carboxylic acids is 2. The van der Waals surface area contributed by atoms with Gasteiger partial charge in [0.25, 0.3) is 5.91 Å². The zero-order chi connectivity index (χ0) is 22.6. The molecule has 0 spiro atoms. The van der Waals surface area contributed by atoms with Crippen LogP contribution in [0.4, 0.5) is 5.69 Å². The van der Waals surface area contributed by atoms with Gasteiger partial charge in [0.1, 0.15) is 9.71 Å². The summed E-state index contributed by atoms with van der Waals surface area (Å²) in [6, 6.07) is 5.58. The van der Waals surface area contributed by atoms with E-state index < -0.39 is 0 Å². The summed E-state index contributed by atoms with van der Waals surface area (Å²) in [7, 11) is 0. The fourth-order valence-corrected chi connectivity index (χ4v) is 5.67. The van der Waals surface area contributed by atoms with E-state index in [1.165, 1.54) is 11.3 Å². The number of Topliss-reactive ketones (excluding diaryl/α,β-unsaturated/α-hetero) is 1. The van der Waals surface area contributed by atoms with E-state index in [0.717, 1.165) is 33.5 Å². The van der Waals surface area contributed by atoms with Crippen molar-refractivity contribution in [3.8, 4) is 11.5 Å². The molecule has 0 atom stereocenters. The molecule has 0 saturated heterocycles. The molecule has 32 heavy (non-hydrogen) atoms. The molecule has 1 aliphatic heterocycles. The van der Waals surface area contributed by atoms with Crippen LogP contribution in [-0.2, 0) is 19.4 Å². The van der Waals surface area contributed by atoms with E-state index in [2.05, 4.69) is 19.2 Å². The van der Waals surface area contributed by atoms with Crippen LogP contribution < -0.4 is 20.5 Å². The van der Waals surface area contributed by atoms with Gasteiger partial charge in [-0.1, -0.05) is 26.8 Å². The molecule has 3 N–H and O–H groups in total. The second kappa shape index (κ2) is 7.48. The van der Waals surface area contributed by atoms with E-state index in [4.69, 9.17) is 20.2 Å². The first-order valence-electron chi connectivity index (χ1n) is 10.7. The molecular weight excluding hydrogens is 426 g/mol. The number of nitrogens with zero attached hydrogens (tertiary/aromatic N) is 1. The minimum Gasteiger partial charge on any atom is -0.454 e. The van der Waals surface area contributed by atoms with Gasteiger partial charge in [0.15, 0.2) is 17.3 Å². The minimum absolute atomic E-state index is 0.113. The Morgan fingerprint density at radius 2 is 2.03 bits per heavy atom. The first-order chi connectivity index (χ1) is 15.3. The van der Waals surface area contributed by atoms with Gasteiger partial charge in [-0.15, -0.1) is 11.3 Å². The van der Waals surface area contributed by atoms with E-state index in [1.807, 2.05) is 25.1 Å². The van der Waals surface area contributed by atoms with E-state index in [-0.39, 0.29) is 23.9 Å². The Kier molecular flexibility index (Phi) is 4.85. The first kappa shape index (κ1) is 20.8. The average molecular weight is 452 g/mol. The van der Waals surface area contributed by atoms with Crippen molar-refractivity contribution < 1.29 is 19.1 Å². The number of anilines is 1. The normalized spacial score (nSPS) is 16.3. The first-order valence-corrected chi connectivity index (χ1v) is 11.5. The van der Waals surface area contributed by atoms with Crippen LogP contribution >= 0.6 is 11.3 Å². The number of aromatic nitrogens is 1. The zero-order valence-corrected chi connectivity index (χ0v) is 19.1. The topological polar surface area (TPSA) is 104 Å². The number of thiophene rings is 1. The third-order valence-electron chi connectivity index (χ3n) is 6.07. The Bertz CT molecular complexity index is 1280. The molecule has 0 radical (unpaired) electrons. The van der Waals surface area contributed by atoms with Crippen LogP contribution in [0.5, 0.6) is 11.5 Å². The molecule has 0 unspecified atom stereocenters. The zero-order valence-electron chi connectivity index (χ0n) is 18.3. The van der Waals surface area contributed by atoms with Crippen molar-refractivity contribution in [1.82, 2.24) is 10.3 Å². The number of ether oxygens (including phenoxy) is 2. The monoisotopic (exact) mass is 451 g/mol. The van der Waals surface area contributed by atoms with E-state index in [1.54, 1.807) is 0 Å². The number of benzene rings is 1. The molecule has 1 aliphatic carbocycles. The summed E-state index contributed by atoms with van der Waals surface area (Å²) in [5.74, 6) is 1.23. The van der Waals surface area contributed by atoms with Gasteiger partial charge in [0, 0.05) is 23.9 Å². The molecule has 2 aliphatic rings. The highest BCUT2D eigenvalue weighted by Gasteiger charge is 2.35. The standard InChI is InChI=1S/C24H25N3O4S/c1-4-13-18-14(8-24(2,3)9-15(18)28)27-23-19(13)20(25)21(32-23)22(29)26-10-12-5-6-16-17(7-12)31-11-30-16/h5-7H,4,8-11,25H2,1-3H3,(H,26,29). The smallest absolute Gasteiger partial charge is 0.263 e. The van der Waals surface area contributed by atoms with Crippen LogP contribution in [0.1, 0.15) is 64.0 Å². The predicted octanol–water partition coefficient (Wildman–Crippen LogP) is 4.25. The Morgan fingerprint density at radius 3 is 2.81 bits per heavy atom. The van der Waals surface area contributed by atoms with Gasteiger partial charge in [-0.05, 0) is 41.5 Å². The van der Waals surface area contributed by atoms with Crippen LogP contribution in [0.25, 0.3) is 10.2 Å². The number of nitrogen functional groups attached to an aromatic ring is 1. The second-order valence-corrected chi connectivity index (χ2v) is 10.1. The Labute approximate surface area is 189 Å². The summed E-state index contributed by atoms with van der Waals surface area (Å²) in [6.07, 6.45) is 1.89. The largest absolute Gasteiger partial charge is 0.454 e. The van der Waals surface area contributed by atoms with Crippen molar-refractivity contribution >= 4 is 38.9 Å². The summed E-state index contributed by atoms with van der Waals surface area (Å²) in [6.45, 7) is 6.73. The van der Waals surface area contributed by atoms with Crippen molar-refractivity contribution in [2.75, 3.05) is 12.5 Å². The van der Waals surface area contributed by atoms with Gasteiger partial charge >= 0.3 is 0 Å². The fourth-order valence-electron chi connectivity index (χ4n) is 4.61. The molecule has 0 fully saturated rings. The number of carbonyl (C=O) groups is 2. The highest BCUT2D eigenvalue weighted by atomic mass is 32.1. The van der Waals surface area contributed by atoms with Crippen LogP contribution in [-0.4, -0.2) is 23.5 Å². The Hall–Kier alpha value is -3.13. The molecule has 5 rings (SSSR count). The van der Waals surface area contributed by atoms with Crippen molar-refractivity contribution in [1.29, 1.82) is 0 Å². The van der Waals surface area contributed by atoms with Gasteiger partial charge in [-0.2, -0.15) is 0 Å². The molecule has 0 saturated carbocycles. The second-order valence-electron chi connectivity index (χ2n) is 9.10. The third kappa shape index (κ3) is 3.39. The van der Waals surface area contributed by atoms with Crippen molar-refractivity contribution in [2.24, 2.45) is 5.41 Å². The maximum absolute atomic E-state index is 13.0. The number of ketones is 1. The lowest BCUT2D eigenvalue weighted by atomic mass is 9.74. The van der Waals surface area contributed by atoms with Gasteiger partial charge in [-0.25, -0.2) is 4.98 Å². The Balaban J connectivity index is 1.48. The number of nitrogens with two attached hydrogens (primary N) is 1. The lowest BCUT2D eigenvalue weighted by Crippen LogP contribution is -2.29. The number of nitrogens with one attached hydrogen (secondary N) is 1. The molecule has 166 valence electrons. The maximum Gasteiger partial charge on any atom is 0.263 e. The van der Waals surface area contributed by atoms with Crippen LogP contribution in [0, 0.1) is 5.41 Å². The van der Waals surface area contributed by atoms with E-state index in [0.29, 0.717) is 47.0 Å². The molecule has 2 aromatic heterocycles. The lowest BCUT2D eigenvalue weighted by molar-refractivity contribution is 0.0908. The number of amides is 1. The van der Waals surface area contributed by atoms with Crippen LogP contribution in [0.3, 0.4) is 0 Å². The fraction of sp³-hybridized carbons (Fsp3) is 0.375. The number of hydrogen-bond acceptors (Lipinski definition) is 7. The van der Waals surface area contributed by atoms with Crippen molar-refractivity contribution in [2.45, 2.75) is 46.6 Å². The molecule has 8 heteroatoms. The SMILES string of the molecule is CCc1c2c(nc3sc(C(=O)NCc4ccc5c(c4)OCO5)c(N)c13)CC(C)(C)CC2=O. The molecule has 7 nitrogen and oxygen atoms in total. The lowest BCUT2D eigenvalue weighted by Gasteiger charge is -2.30. The van der Waals surface area contributed by atoms with Gasteiger partial charge in [-0.3, -0.25) is 9.59 Å². The quantitative estimate of drug-likeness (QED) is 0.614. The van der Waals surface area contributed by atoms with Crippen molar-refractivity contribution in [3.63, 3.8) is 0 Å². The summed E-state index contributed by atoms with van der Waals surface area (Å²) in [5.41, 5.74) is 10.1. The third-order valence-corrected chi connectivity index (χ3v) is 7.17. The number of rotatable bonds is 4. The highest BCUT2D eigenvalue weighted by molar-refractivity contribution is 7.21. The van der Waals surface area contributed by atoms with Gasteiger partial charge in [0.2, 0.25) is 6.79 Å².